The number of ether oxygens (including phenoxy) is 1. The van der Waals surface area contributed by atoms with Crippen LogP contribution < -0.4 is 10.6 Å². The summed E-state index contributed by atoms with van der Waals surface area (Å²) in [6.07, 6.45) is 0. The van der Waals surface area contributed by atoms with Gasteiger partial charge in [-0.25, -0.2) is 13.2 Å². The molecule has 3 N–H and O–H groups in total. The van der Waals surface area contributed by atoms with Crippen LogP contribution in [0.25, 0.3) is 0 Å². The number of amides is 1. The van der Waals surface area contributed by atoms with Crippen LogP contribution in [-0.4, -0.2) is 87.6 Å². The number of carbonyl (C=O) groups is 2. The Morgan fingerprint density at radius 1 is 1.24 bits per heavy atom. The Balaban J connectivity index is 1.80. The van der Waals surface area contributed by atoms with Crippen molar-refractivity contribution >= 4 is 27.6 Å². The number of hydrogen-bond donors (Lipinski definition) is 3. The first kappa shape index (κ1) is 21.2. The molecule has 2 aliphatic heterocycles. The number of β-amino-alcohol motifs (C(OH)–C–C–N with tert-alkyl or cyclic N) is 1. The van der Waals surface area contributed by atoms with Gasteiger partial charge in [0.1, 0.15) is 5.70 Å². The average Bonchev–Trinajstić information content (AvgIpc) is 3.04. The second-order valence-electron chi connectivity index (χ2n) is 6.60. The quantitative estimate of drug-likeness (QED) is 0.473. The van der Waals surface area contributed by atoms with E-state index in [1.165, 1.54) is 28.4 Å². The first-order valence-electron chi connectivity index (χ1n) is 9.18. The number of piperazine rings is 1. The summed E-state index contributed by atoms with van der Waals surface area (Å²) >= 11 is 0. The smallest absolute Gasteiger partial charge is 0.337 e. The third kappa shape index (κ3) is 4.42. The highest BCUT2D eigenvalue weighted by Crippen LogP contribution is 2.24. The molecule has 2 heterocycles. The number of methoxy groups -OCH3 is 1. The highest BCUT2D eigenvalue weighted by molar-refractivity contribution is 7.89. The lowest BCUT2D eigenvalue weighted by Gasteiger charge is -2.26. The lowest BCUT2D eigenvalue weighted by atomic mass is 10.2. The maximum Gasteiger partial charge on any atom is 0.337 e. The van der Waals surface area contributed by atoms with Gasteiger partial charge < -0.3 is 25.4 Å². The number of carbonyl (C=O) groups excluding carboxylic acids is 2. The molecule has 0 unspecified atom stereocenters. The van der Waals surface area contributed by atoms with Crippen molar-refractivity contribution in [2.24, 2.45) is 0 Å². The van der Waals surface area contributed by atoms with E-state index in [1.54, 1.807) is 12.1 Å². The Hall–Kier alpha value is -2.47. The average molecular weight is 424 g/mol. The molecule has 2 aliphatic rings. The predicted molar refractivity (Wildman–Crippen MR) is 104 cm³/mol. The van der Waals surface area contributed by atoms with E-state index in [4.69, 9.17) is 9.84 Å². The van der Waals surface area contributed by atoms with Gasteiger partial charge in [-0.3, -0.25) is 4.79 Å². The molecule has 1 fully saturated rings. The summed E-state index contributed by atoms with van der Waals surface area (Å²) in [5.41, 5.74) is 0.673. The number of aliphatic hydroxyl groups excluding tert-OH is 1. The van der Waals surface area contributed by atoms with E-state index in [0.717, 1.165) is 0 Å². The van der Waals surface area contributed by atoms with Gasteiger partial charge >= 0.3 is 5.97 Å². The van der Waals surface area contributed by atoms with Crippen molar-refractivity contribution in [2.45, 2.75) is 4.90 Å². The molecule has 1 amide bonds. The minimum atomic E-state index is -3.58. The number of benzene rings is 1. The molecule has 1 aromatic carbocycles. The lowest BCUT2D eigenvalue weighted by molar-refractivity contribution is -0.136. The molecule has 0 bridgehead atoms. The topological polar surface area (TPSA) is 128 Å². The Morgan fingerprint density at radius 3 is 2.48 bits per heavy atom. The van der Waals surface area contributed by atoms with Crippen molar-refractivity contribution in [1.29, 1.82) is 0 Å². The molecule has 0 aromatic heterocycles. The number of aliphatic hydroxyl groups is 1. The van der Waals surface area contributed by atoms with Crippen molar-refractivity contribution in [1.82, 2.24) is 14.5 Å². The SMILES string of the molecule is COC(=O)C1=C(Nc2ccc(S(=O)(=O)N3CCNCC3)cc2)C(=O)N(CCO)C1. The molecule has 158 valence electrons. The first-order valence-corrected chi connectivity index (χ1v) is 10.6. The monoisotopic (exact) mass is 424 g/mol. The summed E-state index contributed by atoms with van der Waals surface area (Å²) in [7, 11) is -2.36. The van der Waals surface area contributed by atoms with Crippen LogP contribution in [0.5, 0.6) is 0 Å². The van der Waals surface area contributed by atoms with E-state index in [-0.39, 0.29) is 35.9 Å². The molecule has 0 saturated carbocycles. The van der Waals surface area contributed by atoms with E-state index >= 15 is 0 Å². The van der Waals surface area contributed by atoms with Crippen LogP contribution >= 0.6 is 0 Å². The van der Waals surface area contributed by atoms with Gasteiger partial charge in [-0.2, -0.15) is 4.31 Å². The second-order valence-corrected chi connectivity index (χ2v) is 8.54. The summed E-state index contributed by atoms with van der Waals surface area (Å²) in [4.78, 5) is 26.1. The van der Waals surface area contributed by atoms with Crippen molar-refractivity contribution in [3.63, 3.8) is 0 Å². The number of rotatable bonds is 7. The normalized spacial score (nSPS) is 18.3. The number of hydrogen-bond acceptors (Lipinski definition) is 8. The van der Waals surface area contributed by atoms with Gasteiger partial charge in [-0.05, 0) is 24.3 Å². The summed E-state index contributed by atoms with van der Waals surface area (Å²) in [5.74, 6) is -1.07. The third-order valence-electron chi connectivity index (χ3n) is 4.79. The van der Waals surface area contributed by atoms with Crippen LogP contribution in [-0.2, 0) is 24.3 Å². The molecule has 3 rings (SSSR count). The molecular formula is C18H24N4O6S. The van der Waals surface area contributed by atoms with E-state index in [9.17, 15) is 18.0 Å². The minimum absolute atomic E-state index is 0.0316. The molecule has 0 aliphatic carbocycles. The zero-order chi connectivity index (χ0) is 21.0. The molecule has 1 aromatic rings. The molecule has 1 saturated heterocycles. The number of esters is 1. The lowest BCUT2D eigenvalue weighted by Crippen LogP contribution is -2.46. The van der Waals surface area contributed by atoms with Crippen LogP contribution in [0.15, 0.2) is 40.4 Å². The van der Waals surface area contributed by atoms with Crippen molar-refractivity contribution in [3.05, 3.63) is 35.5 Å². The van der Waals surface area contributed by atoms with Crippen LogP contribution in [0.1, 0.15) is 0 Å². The minimum Gasteiger partial charge on any atom is -0.466 e. The molecule has 10 nitrogen and oxygen atoms in total. The van der Waals surface area contributed by atoms with Gasteiger partial charge in [0.15, 0.2) is 0 Å². The highest BCUT2D eigenvalue weighted by Gasteiger charge is 2.34. The zero-order valence-corrected chi connectivity index (χ0v) is 16.9. The van der Waals surface area contributed by atoms with Gasteiger partial charge in [-0.1, -0.05) is 0 Å². The molecular weight excluding hydrogens is 400 g/mol. The van der Waals surface area contributed by atoms with Gasteiger partial charge in [0, 0.05) is 38.4 Å². The fraction of sp³-hybridized carbons (Fsp3) is 0.444. The molecule has 0 atom stereocenters. The summed E-state index contributed by atoms with van der Waals surface area (Å²) in [6.45, 7) is 1.92. The van der Waals surface area contributed by atoms with E-state index < -0.39 is 21.9 Å². The Labute approximate surface area is 169 Å². The van der Waals surface area contributed by atoms with E-state index in [2.05, 4.69) is 10.6 Å². The zero-order valence-electron chi connectivity index (χ0n) is 16.1. The van der Waals surface area contributed by atoms with E-state index in [0.29, 0.717) is 31.9 Å². The van der Waals surface area contributed by atoms with Crippen LogP contribution in [0.2, 0.25) is 0 Å². The summed E-state index contributed by atoms with van der Waals surface area (Å²) in [6, 6.07) is 6.00. The van der Waals surface area contributed by atoms with Crippen molar-refractivity contribution in [3.8, 4) is 0 Å². The highest BCUT2D eigenvalue weighted by atomic mass is 32.2. The Morgan fingerprint density at radius 2 is 1.90 bits per heavy atom. The Kier molecular flexibility index (Phi) is 6.52. The summed E-state index contributed by atoms with van der Waals surface area (Å²) in [5, 5.41) is 15.1. The van der Waals surface area contributed by atoms with Gasteiger partial charge in [0.25, 0.3) is 5.91 Å². The number of sulfonamides is 1. The predicted octanol–water partition coefficient (Wildman–Crippen LogP) is -1.05. The van der Waals surface area contributed by atoms with Gasteiger partial charge in [0.05, 0.1) is 30.7 Å². The fourth-order valence-corrected chi connectivity index (χ4v) is 4.68. The van der Waals surface area contributed by atoms with Crippen LogP contribution in [0.4, 0.5) is 5.69 Å². The number of nitrogens with zero attached hydrogens (tertiary/aromatic N) is 2. The van der Waals surface area contributed by atoms with E-state index in [1.807, 2.05) is 0 Å². The standard InChI is InChI=1S/C18H24N4O6S/c1-28-18(25)15-12-21(10-11-23)17(24)16(15)20-13-2-4-14(5-3-13)29(26,27)22-8-6-19-7-9-22/h2-5,19-20,23H,6-12H2,1H3. The summed E-state index contributed by atoms with van der Waals surface area (Å²) < 4.78 is 31.6. The van der Waals surface area contributed by atoms with Gasteiger partial charge in [0.2, 0.25) is 10.0 Å². The van der Waals surface area contributed by atoms with Crippen LogP contribution in [0, 0.1) is 0 Å². The largest absolute Gasteiger partial charge is 0.466 e. The maximum atomic E-state index is 12.7. The molecule has 11 heteroatoms. The first-order chi connectivity index (χ1) is 13.9. The maximum absolute atomic E-state index is 12.7. The third-order valence-corrected chi connectivity index (χ3v) is 6.70. The molecule has 29 heavy (non-hydrogen) atoms. The number of nitrogens with one attached hydrogen (secondary N) is 2. The number of anilines is 1. The van der Waals surface area contributed by atoms with Gasteiger partial charge in [-0.15, -0.1) is 0 Å². The Bertz CT molecular complexity index is 907. The molecule has 0 radical (unpaired) electrons. The van der Waals surface area contributed by atoms with Crippen LogP contribution in [0.3, 0.4) is 0 Å². The van der Waals surface area contributed by atoms with Crippen molar-refractivity contribution < 1.29 is 27.9 Å². The second kappa shape index (κ2) is 8.91. The van der Waals surface area contributed by atoms with Crippen molar-refractivity contribution in [2.75, 3.05) is 58.3 Å². The fourth-order valence-electron chi connectivity index (χ4n) is 3.24. The molecule has 0 spiro atoms.